The first-order valence-corrected chi connectivity index (χ1v) is 5.85. The van der Waals surface area contributed by atoms with E-state index in [0.29, 0.717) is 0 Å². The number of para-hydroxylation sites is 2. The summed E-state index contributed by atoms with van der Waals surface area (Å²) < 4.78 is 10.3. The predicted molar refractivity (Wildman–Crippen MR) is 73.1 cm³/mol. The second kappa shape index (κ2) is 5.91. The first-order chi connectivity index (χ1) is 10.0. The van der Waals surface area contributed by atoms with Gasteiger partial charge in [-0.2, -0.15) is 0 Å². The van der Waals surface area contributed by atoms with Crippen molar-refractivity contribution in [1.82, 2.24) is 0 Å². The van der Waals surface area contributed by atoms with E-state index in [9.17, 15) is 14.9 Å². The second-order valence-corrected chi connectivity index (χ2v) is 3.99. The molecule has 0 bridgehead atoms. The number of hydrogen-bond acceptors (Lipinski definition) is 5. The smallest absolute Gasteiger partial charge is 0.339 e. The van der Waals surface area contributed by atoms with Crippen LogP contribution < -0.4 is 9.47 Å². The standard InChI is InChI=1S/C14H11NO6/c1-20-12-7-6-9(8-10(12)14(16)17)21-13-5-3-2-4-11(13)15(18)19/h2-8H,1H3,(H,16,17). The Morgan fingerprint density at radius 3 is 2.52 bits per heavy atom. The molecule has 1 N–H and O–H groups in total. The normalized spacial score (nSPS) is 9.95. The minimum atomic E-state index is -1.18. The molecule has 0 aliphatic rings. The summed E-state index contributed by atoms with van der Waals surface area (Å²) in [6.45, 7) is 0. The zero-order chi connectivity index (χ0) is 15.4. The van der Waals surface area contributed by atoms with Crippen molar-refractivity contribution in [2.24, 2.45) is 0 Å². The molecule has 0 saturated heterocycles. The first kappa shape index (κ1) is 14.3. The molecule has 0 atom stereocenters. The largest absolute Gasteiger partial charge is 0.496 e. The number of aromatic carboxylic acids is 1. The van der Waals surface area contributed by atoms with E-state index in [-0.39, 0.29) is 28.5 Å². The molecule has 0 radical (unpaired) electrons. The van der Waals surface area contributed by atoms with Crippen molar-refractivity contribution in [2.75, 3.05) is 7.11 Å². The summed E-state index contributed by atoms with van der Waals surface area (Å²) in [5, 5.41) is 20.0. The number of carbonyl (C=O) groups is 1. The van der Waals surface area contributed by atoms with E-state index < -0.39 is 10.9 Å². The number of carboxylic acid groups (broad SMARTS) is 1. The van der Waals surface area contributed by atoms with Gasteiger partial charge in [0.05, 0.1) is 12.0 Å². The molecule has 7 heteroatoms. The summed E-state index contributed by atoms with van der Waals surface area (Å²) in [4.78, 5) is 21.4. The van der Waals surface area contributed by atoms with Gasteiger partial charge in [-0.25, -0.2) is 4.79 Å². The number of hydrogen-bond donors (Lipinski definition) is 1. The highest BCUT2D eigenvalue weighted by Crippen LogP contribution is 2.32. The van der Waals surface area contributed by atoms with Crippen LogP contribution in [0.2, 0.25) is 0 Å². The van der Waals surface area contributed by atoms with E-state index in [1.165, 1.54) is 43.5 Å². The highest BCUT2D eigenvalue weighted by atomic mass is 16.6. The fourth-order valence-electron chi connectivity index (χ4n) is 1.74. The van der Waals surface area contributed by atoms with Crippen LogP contribution in [0.1, 0.15) is 10.4 Å². The summed E-state index contributed by atoms with van der Waals surface area (Å²) in [5.41, 5.74) is -0.293. The van der Waals surface area contributed by atoms with Gasteiger partial charge in [0, 0.05) is 6.07 Å². The van der Waals surface area contributed by atoms with E-state index in [1.54, 1.807) is 6.07 Å². The number of nitrogens with zero attached hydrogens (tertiary/aromatic N) is 1. The van der Waals surface area contributed by atoms with E-state index in [0.717, 1.165) is 0 Å². The van der Waals surface area contributed by atoms with E-state index in [4.69, 9.17) is 14.6 Å². The zero-order valence-electron chi connectivity index (χ0n) is 11.0. The quantitative estimate of drug-likeness (QED) is 0.670. The van der Waals surface area contributed by atoms with Crippen molar-refractivity contribution in [3.05, 3.63) is 58.1 Å². The van der Waals surface area contributed by atoms with Gasteiger partial charge in [-0.1, -0.05) is 12.1 Å². The first-order valence-electron chi connectivity index (χ1n) is 5.85. The molecule has 108 valence electrons. The number of nitro benzene ring substituents is 1. The Balaban J connectivity index is 2.39. The van der Waals surface area contributed by atoms with Crippen molar-refractivity contribution in [3.63, 3.8) is 0 Å². The number of benzene rings is 2. The predicted octanol–water partition coefficient (Wildman–Crippen LogP) is 3.09. The average molecular weight is 289 g/mol. The maximum absolute atomic E-state index is 11.1. The van der Waals surface area contributed by atoms with Crippen LogP contribution in [0.3, 0.4) is 0 Å². The minimum absolute atomic E-state index is 0.0315. The van der Waals surface area contributed by atoms with E-state index in [2.05, 4.69) is 0 Å². The van der Waals surface area contributed by atoms with Crippen molar-refractivity contribution in [2.45, 2.75) is 0 Å². The lowest BCUT2D eigenvalue weighted by Crippen LogP contribution is -2.01. The van der Waals surface area contributed by atoms with E-state index in [1.807, 2.05) is 0 Å². The molecule has 0 aliphatic heterocycles. The lowest BCUT2D eigenvalue weighted by atomic mass is 10.2. The van der Waals surface area contributed by atoms with Crippen molar-refractivity contribution < 1.29 is 24.3 Å². The lowest BCUT2D eigenvalue weighted by Gasteiger charge is -2.09. The third kappa shape index (κ3) is 3.08. The molecule has 0 aliphatic carbocycles. The van der Waals surface area contributed by atoms with Gasteiger partial charge < -0.3 is 14.6 Å². The molecule has 21 heavy (non-hydrogen) atoms. The SMILES string of the molecule is COc1ccc(Oc2ccccc2[N+](=O)[O-])cc1C(=O)O. The number of rotatable bonds is 5. The van der Waals surface area contributed by atoms with Crippen LogP contribution in [0.4, 0.5) is 5.69 Å². The molecule has 2 rings (SSSR count). The summed E-state index contributed by atoms with van der Waals surface area (Å²) in [6, 6.07) is 9.98. The Morgan fingerprint density at radius 1 is 1.19 bits per heavy atom. The maximum atomic E-state index is 11.1. The number of ether oxygens (including phenoxy) is 2. The third-order valence-corrected chi connectivity index (χ3v) is 2.69. The monoisotopic (exact) mass is 289 g/mol. The molecule has 2 aromatic rings. The van der Waals surface area contributed by atoms with Crippen LogP contribution in [0, 0.1) is 10.1 Å². The number of carboxylic acids is 1. The van der Waals surface area contributed by atoms with Gasteiger partial charge >= 0.3 is 11.7 Å². The average Bonchev–Trinajstić information content (AvgIpc) is 2.47. The molecule has 0 fully saturated rings. The second-order valence-electron chi connectivity index (χ2n) is 3.99. The molecule has 0 heterocycles. The van der Waals surface area contributed by atoms with Gasteiger partial charge in [-0.05, 0) is 24.3 Å². The number of nitro groups is 1. The summed E-state index contributed by atoms with van der Waals surface area (Å²) in [7, 11) is 1.35. The molecule has 0 aromatic heterocycles. The minimum Gasteiger partial charge on any atom is -0.496 e. The third-order valence-electron chi connectivity index (χ3n) is 2.69. The van der Waals surface area contributed by atoms with Gasteiger partial charge in [0.1, 0.15) is 17.1 Å². The summed E-state index contributed by atoms with van der Waals surface area (Å²) in [5.74, 6) is -0.802. The fourth-order valence-corrected chi connectivity index (χ4v) is 1.74. The summed E-state index contributed by atoms with van der Waals surface area (Å²) in [6.07, 6.45) is 0. The van der Waals surface area contributed by atoms with E-state index >= 15 is 0 Å². The van der Waals surface area contributed by atoms with Crippen LogP contribution in [0.15, 0.2) is 42.5 Å². The molecular weight excluding hydrogens is 278 g/mol. The molecular formula is C14H11NO6. The van der Waals surface area contributed by atoms with Gasteiger partial charge in [0.15, 0.2) is 0 Å². The van der Waals surface area contributed by atoms with Gasteiger partial charge in [0.25, 0.3) is 0 Å². The van der Waals surface area contributed by atoms with Gasteiger partial charge in [-0.3, -0.25) is 10.1 Å². The summed E-state index contributed by atoms with van der Waals surface area (Å²) >= 11 is 0. The highest BCUT2D eigenvalue weighted by Gasteiger charge is 2.17. The van der Waals surface area contributed by atoms with Crippen LogP contribution >= 0.6 is 0 Å². The topological polar surface area (TPSA) is 98.9 Å². The Bertz CT molecular complexity index is 698. The lowest BCUT2D eigenvalue weighted by molar-refractivity contribution is -0.385. The fraction of sp³-hybridized carbons (Fsp3) is 0.0714. The van der Waals surface area contributed by atoms with Crippen molar-refractivity contribution >= 4 is 11.7 Å². The van der Waals surface area contributed by atoms with Crippen LogP contribution in [0.5, 0.6) is 17.2 Å². The molecule has 2 aromatic carbocycles. The maximum Gasteiger partial charge on any atom is 0.339 e. The van der Waals surface area contributed by atoms with Gasteiger partial charge in [0.2, 0.25) is 5.75 Å². The Hall–Kier alpha value is -3.09. The Kier molecular flexibility index (Phi) is 4.03. The van der Waals surface area contributed by atoms with Crippen molar-refractivity contribution in [3.8, 4) is 17.2 Å². The van der Waals surface area contributed by atoms with Crippen LogP contribution in [-0.2, 0) is 0 Å². The van der Waals surface area contributed by atoms with Gasteiger partial charge in [-0.15, -0.1) is 0 Å². The Morgan fingerprint density at radius 2 is 1.90 bits per heavy atom. The van der Waals surface area contributed by atoms with Crippen LogP contribution in [-0.4, -0.2) is 23.1 Å². The molecule has 0 amide bonds. The molecule has 0 saturated carbocycles. The molecule has 0 unspecified atom stereocenters. The molecule has 7 nitrogen and oxygen atoms in total. The Labute approximate surface area is 119 Å². The van der Waals surface area contributed by atoms with Crippen molar-refractivity contribution in [1.29, 1.82) is 0 Å². The van der Waals surface area contributed by atoms with Crippen LogP contribution in [0.25, 0.3) is 0 Å². The number of methoxy groups -OCH3 is 1. The zero-order valence-corrected chi connectivity index (χ0v) is 11.0. The molecule has 0 spiro atoms. The highest BCUT2D eigenvalue weighted by molar-refractivity contribution is 5.91.